The van der Waals surface area contributed by atoms with Crippen LogP contribution in [0.2, 0.25) is 0 Å². The van der Waals surface area contributed by atoms with E-state index in [1.807, 2.05) is 39.0 Å². The zero-order valence-corrected chi connectivity index (χ0v) is 20.0. The van der Waals surface area contributed by atoms with Crippen LogP contribution in [0.1, 0.15) is 68.4 Å². The lowest BCUT2D eigenvalue weighted by atomic mass is 9.98. The molecule has 1 fully saturated rings. The van der Waals surface area contributed by atoms with E-state index in [0.29, 0.717) is 24.8 Å². The Morgan fingerprint density at radius 1 is 1.27 bits per heavy atom. The maximum atomic E-state index is 12.9. The number of phenolic OH excluding ortho intramolecular Hbond substituents is 2. The normalized spacial score (nSPS) is 20.8. The van der Waals surface area contributed by atoms with Crippen molar-refractivity contribution in [1.82, 2.24) is 0 Å². The van der Waals surface area contributed by atoms with E-state index in [9.17, 15) is 15.0 Å². The minimum absolute atomic E-state index is 0.0187. The highest BCUT2D eigenvalue weighted by atomic mass is 16.7. The van der Waals surface area contributed by atoms with Crippen molar-refractivity contribution in [2.24, 2.45) is 0 Å². The van der Waals surface area contributed by atoms with Gasteiger partial charge in [-0.25, -0.2) is 4.79 Å². The number of aromatic hydroxyl groups is 2. The van der Waals surface area contributed by atoms with Gasteiger partial charge in [0.1, 0.15) is 29.3 Å². The molecule has 1 heterocycles. The summed E-state index contributed by atoms with van der Waals surface area (Å²) in [7, 11) is 0. The van der Waals surface area contributed by atoms with E-state index < -0.39 is 17.9 Å². The Morgan fingerprint density at radius 3 is 2.64 bits per heavy atom. The largest absolute Gasteiger partial charge is 0.507 e. The van der Waals surface area contributed by atoms with E-state index in [1.165, 1.54) is 6.07 Å². The minimum Gasteiger partial charge on any atom is -0.507 e. The van der Waals surface area contributed by atoms with Crippen LogP contribution in [0.4, 0.5) is 0 Å². The van der Waals surface area contributed by atoms with Gasteiger partial charge in [-0.15, -0.1) is 13.2 Å². The number of carbonyl (C=O) groups excluding carboxylic acids is 1. The van der Waals surface area contributed by atoms with Gasteiger partial charge in [-0.2, -0.15) is 0 Å². The van der Waals surface area contributed by atoms with Gasteiger partial charge in [0.05, 0.1) is 6.10 Å². The number of esters is 1. The molecule has 2 N–H and O–H groups in total. The van der Waals surface area contributed by atoms with Crippen molar-refractivity contribution in [3.8, 4) is 11.5 Å². The number of carbonyl (C=O) groups is 1. The molecule has 0 saturated carbocycles. The summed E-state index contributed by atoms with van der Waals surface area (Å²) in [6, 6.07) is 1.46. The first-order valence-corrected chi connectivity index (χ1v) is 11.3. The summed E-state index contributed by atoms with van der Waals surface area (Å²) in [6.45, 7) is 14.8. The van der Waals surface area contributed by atoms with Crippen LogP contribution in [0.5, 0.6) is 11.5 Å². The quantitative estimate of drug-likeness (QED) is 0.322. The monoisotopic (exact) mass is 456 g/mol. The van der Waals surface area contributed by atoms with Crippen molar-refractivity contribution in [2.75, 3.05) is 0 Å². The van der Waals surface area contributed by atoms with E-state index in [2.05, 4.69) is 13.2 Å². The lowest BCUT2D eigenvalue weighted by Crippen LogP contribution is -2.21. The third-order valence-corrected chi connectivity index (χ3v) is 5.29. The third-order valence-electron chi connectivity index (χ3n) is 5.29. The maximum Gasteiger partial charge on any atom is 0.342 e. The zero-order chi connectivity index (χ0) is 24.6. The summed E-state index contributed by atoms with van der Waals surface area (Å²) < 4.78 is 17.4. The van der Waals surface area contributed by atoms with Crippen molar-refractivity contribution < 1.29 is 29.2 Å². The van der Waals surface area contributed by atoms with Crippen molar-refractivity contribution in [2.45, 2.75) is 77.5 Å². The van der Waals surface area contributed by atoms with E-state index in [1.54, 1.807) is 25.2 Å². The molecule has 2 rings (SSSR count). The van der Waals surface area contributed by atoms with Gasteiger partial charge in [0, 0.05) is 12.0 Å². The maximum absolute atomic E-state index is 12.9. The number of hydrogen-bond acceptors (Lipinski definition) is 6. The fraction of sp³-hybridized carbons (Fsp3) is 0.444. The summed E-state index contributed by atoms with van der Waals surface area (Å²) in [4.78, 5) is 12.9. The molecule has 0 unspecified atom stereocenters. The fourth-order valence-corrected chi connectivity index (χ4v) is 3.84. The number of phenols is 2. The van der Waals surface area contributed by atoms with Gasteiger partial charge in [0.25, 0.3) is 0 Å². The molecular weight excluding hydrogens is 420 g/mol. The summed E-state index contributed by atoms with van der Waals surface area (Å²) in [5.41, 5.74) is 0.631. The summed E-state index contributed by atoms with van der Waals surface area (Å²) >= 11 is 0. The van der Waals surface area contributed by atoms with Crippen LogP contribution in [-0.4, -0.2) is 40.3 Å². The van der Waals surface area contributed by atoms with Crippen molar-refractivity contribution >= 4 is 12.0 Å². The van der Waals surface area contributed by atoms with Crippen LogP contribution in [0.15, 0.2) is 49.6 Å². The Kier molecular flexibility index (Phi) is 9.50. The Morgan fingerprint density at radius 2 is 2.00 bits per heavy atom. The number of benzene rings is 1. The van der Waals surface area contributed by atoms with Crippen molar-refractivity contribution in [3.63, 3.8) is 0 Å². The Labute approximate surface area is 196 Å². The van der Waals surface area contributed by atoms with Gasteiger partial charge < -0.3 is 24.4 Å². The Hall–Kier alpha value is -2.83. The second kappa shape index (κ2) is 11.9. The van der Waals surface area contributed by atoms with Crippen LogP contribution in [0.25, 0.3) is 6.08 Å². The molecule has 0 bridgehead atoms. The van der Waals surface area contributed by atoms with Gasteiger partial charge in [-0.3, -0.25) is 0 Å². The smallest absolute Gasteiger partial charge is 0.342 e. The average Bonchev–Trinajstić information content (AvgIpc) is 3.01. The van der Waals surface area contributed by atoms with Crippen molar-refractivity contribution in [1.29, 1.82) is 0 Å². The molecule has 1 aliphatic heterocycles. The molecule has 0 radical (unpaired) electrons. The SMILES string of the molecule is C=CCc1c(O)cc(/C=C/CC[C@@H]2OC(C)(C)O[C@@H]2/C=C/C)c(C(=O)O[C@@H](C)CC=C)c1O. The van der Waals surface area contributed by atoms with Crippen LogP contribution in [-0.2, 0) is 20.6 Å². The van der Waals surface area contributed by atoms with Gasteiger partial charge in [-0.1, -0.05) is 36.5 Å². The van der Waals surface area contributed by atoms with Crippen LogP contribution < -0.4 is 0 Å². The molecular formula is C27H36O6. The van der Waals surface area contributed by atoms with E-state index >= 15 is 0 Å². The first kappa shape index (κ1) is 26.4. The zero-order valence-electron chi connectivity index (χ0n) is 20.0. The molecule has 1 aliphatic rings. The van der Waals surface area contributed by atoms with Gasteiger partial charge in [0.15, 0.2) is 5.79 Å². The van der Waals surface area contributed by atoms with Crippen LogP contribution in [0, 0.1) is 0 Å². The van der Waals surface area contributed by atoms with E-state index in [4.69, 9.17) is 14.2 Å². The molecule has 0 aliphatic carbocycles. The Bertz CT molecular complexity index is 912. The first-order chi connectivity index (χ1) is 15.6. The van der Waals surface area contributed by atoms with E-state index in [0.717, 1.165) is 0 Å². The lowest BCUT2D eigenvalue weighted by Gasteiger charge is -2.17. The van der Waals surface area contributed by atoms with Gasteiger partial charge in [0.2, 0.25) is 0 Å². The second-order valence-electron chi connectivity index (χ2n) is 8.56. The molecule has 1 aromatic rings. The highest BCUT2D eigenvalue weighted by molar-refractivity contribution is 5.97. The third kappa shape index (κ3) is 7.07. The highest BCUT2D eigenvalue weighted by Crippen LogP contribution is 2.36. The fourth-order valence-electron chi connectivity index (χ4n) is 3.84. The highest BCUT2D eigenvalue weighted by Gasteiger charge is 2.39. The van der Waals surface area contributed by atoms with Gasteiger partial charge in [-0.05, 0) is 58.6 Å². The number of allylic oxidation sites excluding steroid dienone is 3. The predicted octanol–water partition coefficient (Wildman–Crippen LogP) is 5.84. The lowest BCUT2D eigenvalue weighted by molar-refractivity contribution is -0.143. The molecule has 6 nitrogen and oxygen atoms in total. The predicted molar refractivity (Wildman–Crippen MR) is 130 cm³/mol. The first-order valence-electron chi connectivity index (χ1n) is 11.3. The second-order valence-corrected chi connectivity index (χ2v) is 8.56. The summed E-state index contributed by atoms with van der Waals surface area (Å²) in [5, 5.41) is 21.2. The molecule has 3 atom stereocenters. The van der Waals surface area contributed by atoms with Crippen molar-refractivity contribution in [3.05, 3.63) is 66.3 Å². The number of rotatable bonds is 11. The molecule has 33 heavy (non-hydrogen) atoms. The topological polar surface area (TPSA) is 85.2 Å². The molecule has 0 spiro atoms. The molecule has 180 valence electrons. The van der Waals surface area contributed by atoms with Crippen LogP contribution in [0.3, 0.4) is 0 Å². The number of hydrogen-bond donors (Lipinski definition) is 2. The summed E-state index contributed by atoms with van der Waals surface area (Å²) in [5.74, 6) is -1.71. The molecule has 6 heteroatoms. The van der Waals surface area contributed by atoms with Crippen LogP contribution >= 0.6 is 0 Å². The van der Waals surface area contributed by atoms with E-state index in [-0.39, 0.29) is 41.3 Å². The summed E-state index contributed by atoms with van der Waals surface area (Å²) in [6.07, 6.45) is 12.2. The molecule has 1 saturated heterocycles. The number of ether oxygens (including phenoxy) is 3. The molecule has 0 amide bonds. The standard InChI is InChI=1S/C27H36O6/c1-7-12-18(4)31-26(30)24-19(17-21(28)20(13-8-2)25(24)29)15-10-11-16-23-22(14-9-3)32-27(5,6)33-23/h7-10,14-15,17-18,22-23,28-29H,1-2,11-13,16H2,3-6H3/b14-9+,15-10+/t18-,22+,23-/m0/s1. The molecule has 0 aromatic heterocycles. The Balaban J connectivity index is 2.25. The van der Waals surface area contributed by atoms with Gasteiger partial charge >= 0.3 is 5.97 Å². The molecule has 1 aromatic carbocycles. The minimum atomic E-state index is -0.658. The average molecular weight is 457 g/mol.